The van der Waals surface area contributed by atoms with Gasteiger partial charge in [0, 0.05) is 46.0 Å². The van der Waals surface area contributed by atoms with Crippen LogP contribution in [0.2, 0.25) is 5.02 Å². The first-order chi connectivity index (χ1) is 18.9. The van der Waals surface area contributed by atoms with Crippen LogP contribution in [0.4, 0.5) is 11.5 Å². The summed E-state index contributed by atoms with van der Waals surface area (Å²) in [5.41, 5.74) is 2.75. The number of pyridine rings is 1. The summed E-state index contributed by atoms with van der Waals surface area (Å²) in [5.74, 6) is 1.00. The lowest BCUT2D eigenvalue weighted by atomic mass is 9.89. The summed E-state index contributed by atoms with van der Waals surface area (Å²) >= 11 is 9.80. The summed E-state index contributed by atoms with van der Waals surface area (Å²) in [4.78, 5) is 33.9. The van der Waals surface area contributed by atoms with E-state index in [2.05, 4.69) is 53.8 Å². The van der Waals surface area contributed by atoms with Crippen molar-refractivity contribution in [3.05, 3.63) is 57.0 Å². The molecule has 1 saturated heterocycles. The van der Waals surface area contributed by atoms with Crippen LogP contribution in [-0.4, -0.2) is 29.9 Å². The van der Waals surface area contributed by atoms with Gasteiger partial charge >= 0.3 is 5.97 Å². The third-order valence-corrected chi connectivity index (χ3v) is 8.05. The first-order valence-electron chi connectivity index (χ1n) is 14.1. The fourth-order valence-electron chi connectivity index (χ4n) is 5.27. The maximum absolute atomic E-state index is 13.9. The maximum Gasteiger partial charge on any atom is 0.311 e. The van der Waals surface area contributed by atoms with Gasteiger partial charge in [-0.25, -0.2) is 4.98 Å². The molecule has 1 N–H and O–H groups in total. The van der Waals surface area contributed by atoms with Crippen molar-refractivity contribution in [2.24, 2.45) is 11.3 Å². The topological polar surface area (TPSA) is 71.5 Å². The monoisotopic (exact) mass is 627 g/mol. The number of nitrogens with one attached hydrogen (secondary N) is 1. The molecule has 1 aliphatic heterocycles. The number of piperidine rings is 1. The first-order valence-corrected chi connectivity index (χ1v) is 15.2. The van der Waals surface area contributed by atoms with Gasteiger partial charge in [-0.2, -0.15) is 0 Å². The van der Waals surface area contributed by atoms with Gasteiger partial charge in [-0.15, -0.1) is 0 Å². The highest BCUT2D eigenvalue weighted by molar-refractivity contribution is 9.10. The van der Waals surface area contributed by atoms with Crippen molar-refractivity contribution < 1.29 is 14.3 Å². The summed E-state index contributed by atoms with van der Waals surface area (Å²) in [5, 5.41) is 4.18. The Morgan fingerprint density at radius 2 is 1.95 bits per heavy atom. The molecule has 1 fully saturated rings. The smallest absolute Gasteiger partial charge is 0.311 e. The predicted octanol–water partition coefficient (Wildman–Crippen LogP) is 8.96. The van der Waals surface area contributed by atoms with E-state index in [0.717, 1.165) is 65.5 Å². The Labute approximate surface area is 251 Å². The molecule has 3 aromatic rings. The Hall–Kier alpha value is -2.64. The van der Waals surface area contributed by atoms with Gasteiger partial charge in [0.2, 0.25) is 0 Å². The predicted molar refractivity (Wildman–Crippen MR) is 168 cm³/mol. The zero-order valence-electron chi connectivity index (χ0n) is 24.1. The number of nitrogens with zero attached hydrogens (tertiary/aromatic N) is 2. The highest BCUT2D eigenvalue weighted by Crippen LogP contribution is 2.35. The van der Waals surface area contributed by atoms with E-state index in [9.17, 15) is 9.59 Å². The van der Waals surface area contributed by atoms with Crippen LogP contribution < -0.4 is 15.0 Å². The van der Waals surface area contributed by atoms with Gasteiger partial charge in [0.15, 0.2) is 5.75 Å². The molecule has 0 radical (unpaired) electrons. The summed E-state index contributed by atoms with van der Waals surface area (Å²) < 4.78 is 6.56. The Morgan fingerprint density at radius 1 is 1.18 bits per heavy atom. The van der Waals surface area contributed by atoms with Crippen molar-refractivity contribution in [1.82, 2.24) is 4.98 Å². The normalized spacial score (nSPS) is 15.8. The van der Waals surface area contributed by atoms with Crippen molar-refractivity contribution in [2.45, 2.75) is 73.1 Å². The molecule has 0 spiro atoms. The number of carbonyl (C=O) groups is 2. The molecule has 40 heavy (non-hydrogen) atoms. The Balaban J connectivity index is 1.61. The van der Waals surface area contributed by atoms with Gasteiger partial charge in [0.25, 0.3) is 5.91 Å². The van der Waals surface area contributed by atoms with Crippen molar-refractivity contribution in [3.63, 3.8) is 0 Å². The average molecular weight is 629 g/mol. The average Bonchev–Trinajstić information content (AvgIpc) is 2.87. The summed E-state index contributed by atoms with van der Waals surface area (Å²) in [6.07, 6.45) is 5.31. The number of ether oxygens (including phenoxy) is 1. The van der Waals surface area contributed by atoms with E-state index in [4.69, 9.17) is 21.3 Å². The summed E-state index contributed by atoms with van der Waals surface area (Å²) in [6, 6.07) is 10.7. The van der Waals surface area contributed by atoms with E-state index < -0.39 is 0 Å². The molecule has 1 amide bonds. The highest BCUT2D eigenvalue weighted by atomic mass is 79.9. The number of hydrogen-bond acceptors (Lipinski definition) is 5. The second-order valence-corrected chi connectivity index (χ2v) is 13.5. The molecular weight excluding hydrogens is 590 g/mol. The molecule has 1 unspecified atom stereocenters. The van der Waals surface area contributed by atoms with Gasteiger partial charge in [0.1, 0.15) is 5.82 Å². The third kappa shape index (κ3) is 7.76. The largest absolute Gasteiger partial charge is 0.424 e. The van der Waals surface area contributed by atoms with Crippen molar-refractivity contribution in [2.75, 3.05) is 23.3 Å². The fraction of sp³-hybridized carbons (Fsp3) is 0.469. The van der Waals surface area contributed by atoms with E-state index in [-0.39, 0.29) is 23.0 Å². The van der Waals surface area contributed by atoms with Crippen LogP contribution >= 0.6 is 27.5 Å². The van der Waals surface area contributed by atoms with Gasteiger partial charge in [0.05, 0.1) is 16.8 Å². The van der Waals surface area contributed by atoms with Crippen LogP contribution in [0.1, 0.15) is 82.1 Å². The number of hydrogen-bond donors (Lipinski definition) is 1. The Morgan fingerprint density at radius 3 is 2.67 bits per heavy atom. The van der Waals surface area contributed by atoms with Crippen LogP contribution in [0.25, 0.3) is 10.9 Å². The molecule has 1 aromatic heterocycles. The van der Waals surface area contributed by atoms with Crippen LogP contribution in [-0.2, 0) is 4.79 Å². The zero-order chi connectivity index (χ0) is 29.0. The van der Waals surface area contributed by atoms with Gasteiger partial charge < -0.3 is 15.0 Å². The number of anilines is 2. The minimum absolute atomic E-state index is 0.227. The number of aromatic nitrogens is 1. The number of halogens is 2. The molecule has 1 aliphatic rings. The van der Waals surface area contributed by atoms with Gasteiger partial charge in [-0.05, 0) is 74.3 Å². The van der Waals surface area contributed by atoms with E-state index in [1.54, 1.807) is 18.2 Å². The number of carbonyl (C=O) groups excluding carboxylic acids is 2. The van der Waals surface area contributed by atoms with E-state index in [1.165, 1.54) is 6.42 Å². The van der Waals surface area contributed by atoms with Crippen LogP contribution in [0.15, 0.2) is 40.9 Å². The molecule has 6 nitrogen and oxygen atoms in total. The summed E-state index contributed by atoms with van der Waals surface area (Å²) in [6.45, 7) is 12.6. The molecule has 2 heterocycles. The SMILES string of the molecule is Cc1c(N2CCCC(C)C2)nc2ccc(Br)cc2c1C(=O)Nc1ccc(Cl)cc1OC(=O)CCCCC(C)(C)C. The number of unbranched alkanes of at least 4 members (excludes halogenated alkanes) is 1. The maximum atomic E-state index is 13.9. The van der Waals surface area contributed by atoms with Crippen molar-refractivity contribution in [3.8, 4) is 5.75 Å². The lowest BCUT2D eigenvalue weighted by Gasteiger charge is -2.33. The lowest BCUT2D eigenvalue weighted by molar-refractivity contribution is -0.134. The van der Waals surface area contributed by atoms with E-state index in [1.807, 2.05) is 25.1 Å². The molecule has 0 saturated carbocycles. The number of rotatable bonds is 8. The number of amides is 1. The number of esters is 1. The quantitative estimate of drug-likeness (QED) is 0.153. The molecule has 4 rings (SSSR count). The van der Waals surface area contributed by atoms with Crippen LogP contribution in [0.5, 0.6) is 5.75 Å². The van der Waals surface area contributed by atoms with Gasteiger partial charge in [-0.3, -0.25) is 9.59 Å². The number of benzene rings is 2. The minimum atomic E-state index is -0.345. The second-order valence-electron chi connectivity index (χ2n) is 12.1. The van der Waals surface area contributed by atoms with Crippen molar-refractivity contribution >= 4 is 61.8 Å². The summed E-state index contributed by atoms with van der Waals surface area (Å²) in [7, 11) is 0. The molecule has 1 atom stereocenters. The Bertz CT molecular complexity index is 1400. The standard InChI is InChI=1S/C32H39BrClN3O3/c1-20-9-8-16-37(19-20)30-21(2)29(24-17-22(33)11-13-25(24)35-30)31(39)36-26-14-12-23(34)18-27(26)40-28(38)10-6-7-15-32(3,4)5/h11-14,17-18,20H,6-10,15-16,19H2,1-5H3,(H,36,39). The molecule has 8 heteroatoms. The highest BCUT2D eigenvalue weighted by Gasteiger charge is 2.25. The van der Waals surface area contributed by atoms with E-state index in [0.29, 0.717) is 28.6 Å². The molecular formula is C32H39BrClN3O3. The molecule has 2 aromatic carbocycles. The fourth-order valence-corrected chi connectivity index (χ4v) is 5.79. The van der Waals surface area contributed by atoms with Crippen LogP contribution in [0, 0.1) is 18.3 Å². The minimum Gasteiger partial charge on any atom is -0.424 e. The molecule has 0 bridgehead atoms. The van der Waals surface area contributed by atoms with Crippen molar-refractivity contribution in [1.29, 1.82) is 0 Å². The second kappa shape index (κ2) is 12.9. The molecule has 214 valence electrons. The third-order valence-electron chi connectivity index (χ3n) is 7.32. The number of fused-ring (bicyclic) bond motifs is 1. The first kappa shape index (κ1) is 30.3. The zero-order valence-corrected chi connectivity index (χ0v) is 26.4. The van der Waals surface area contributed by atoms with E-state index >= 15 is 0 Å². The lowest BCUT2D eigenvalue weighted by Crippen LogP contribution is -2.35. The Kier molecular flexibility index (Phi) is 9.78. The van der Waals surface area contributed by atoms with Crippen LogP contribution in [0.3, 0.4) is 0 Å². The molecule has 0 aliphatic carbocycles. The van der Waals surface area contributed by atoms with Gasteiger partial charge in [-0.1, -0.05) is 61.6 Å².